The third-order valence-corrected chi connectivity index (χ3v) is 4.84. The number of ether oxygens (including phenoxy) is 1. The highest BCUT2D eigenvalue weighted by Crippen LogP contribution is 2.39. The molecule has 2 bridgehead atoms. The second-order valence-corrected chi connectivity index (χ2v) is 5.96. The van der Waals surface area contributed by atoms with E-state index in [4.69, 9.17) is 0 Å². The molecule has 0 N–H and O–H groups in total. The van der Waals surface area contributed by atoms with Gasteiger partial charge in [-0.2, -0.15) is 8.78 Å². The fourth-order valence-corrected chi connectivity index (χ4v) is 3.71. The SMILES string of the molecule is CN1C2CCC1CC(C(=O)c1ccccc1OC(F)F)C2. The number of Topliss-reactive ketones (excluding diaryl/α,β-unsaturated/α-hetero) is 1. The van der Waals surface area contributed by atoms with Crippen LogP contribution < -0.4 is 4.74 Å². The molecule has 1 aromatic rings. The van der Waals surface area contributed by atoms with Crippen molar-refractivity contribution in [1.82, 2.24) is 4.90 Å². The largest absolute Gasteiger partial charge is 0.434 e. The minimum Gasteiger partial charge on any atom is -0.434 e. The summed E-state index contributed by atoms with van der Waals surface area (Å²) in [6.45, 7) is -2.91. The quantitative estimate of drug-likeness (QED) is 0.798. The molecule has 0 saturated carbocycles. The standard InChI is InChI=1S/C16H19F2NO2/c1-19-11-6-7-12(19)9-10(8-11)15(20)13-4-2-3-5-14(13)21-16(17)18/h2-5,10-12,16H,6-9H2,1H3. The van der Waals surface area contributed by atoms with Crippen LogP contribution in [0.25, 0.3) is 0 Å². The Labute approximate surface area is 122 Å². The molecule has 0 amide bonds. The van der Waals surface area contributed by atoms with Gasteiger partial charge in [-0.1, -0.05) is 12.1 Å². The molecule has 0 spiro atoms. The number of nitrogens with zero attached hydrogens (tertiary/aromatic N) is 1. The van der Waals surface area contributed by atoms with E-state index in [1.165, 1.54) is 6.07 Å². The first-order chi connectivity index (χ1) is 10.1. The van der Waals surface area contributed by atoms with E-state index in [9.17, 15) is 13.6 Å². The van der Waals surface area contributed by atoms with E-state index in [0.717, 1.165) is 25.7 Å². The highest BCUT2D eigenvalue weighted by atomic mass is 19.3. The fourth-order valence-electron chi connectivity index (χ4n) is 3.71. The lowest BCUT2D eigenvalue weighted by atomic mass is 9.85. The normalized spacial score (nSPS) is 28.9. The number of carbonyl (C=O) groups excluding carboxylic acids is 1. The minimum atomic E-state index is -2.91. The van der Waals surface area contributed by atoms with Gasteiger partial charge in [-0.3, -0.25) is 4.79 Å². The van der Waals surface area contributed by atoms with E-state index in [1.807, 2.05) is 0 Å². The number of hydrogen-bond donors (Lipinski definition) is 0. The third kappa shape index (κ3) is 2.79. The van der Waals surface area contributed by atoms with Gasteiger partial charge in [0.1, 0.15) is 5.75 Å². The monoisotopic (exact) mass is 295 g/mol. The average Bonchev–Trinajstić information content (AvgIpc) is 2.68. The van der Waals surface area contributed by atoms with Crippen LogP contribution in [-0.2, 0) is 0 Å². The molecule has 2 atom stereocenters. The number of alkyl halides is 2. The molecule has 0 radical (unpaired) electrons. The van der Waals surface area contributed by atoms with Crippen molar-refractivity contribution in [3.05, 3.63) is 29.8 Å². The summed E-state index contributed by atoms with van der Waals surface area (Å²) in [6.07, 6.45) is 3.88. The van der Waals surface area contributed by atoms with Crippen LogP contribution in [0.2, 0.25) is 0 Å². The number of piperidine rings is 1. The Morgan fingerprint density at radius 1 is 1.24 bits per heavy atom. The van der Waals surface area contributed by atoms with Crippen molar-refractivity contribution >= 4 is 5.78 Å². The van der Waals surface area contributed by atoms with Crippen LogP contribution in [-0.4, -0.2) is 36.4 Å². The molecule has 21 heavy (non-hydrogen) atoms. The van der Waals surface area contributed by atoms with E-state index in [1.54, 1.807) is 18.2 Å². The number of ketones is 1. The molecule has 5 heteroatoms. The third-order valence-electron chi connectivity index (χ3n) is 4.84. The van der Waals surface area contributed by atoms with Gasteiger partial charge in [0.2, 0.25) is 0 Å². The molecule has 3 rings (SSSR count). The molecule has 2 aliphatic heterocycles. The second-order valence-electron chi connectivity index (χ2n) is 5.96. The highest BCUT2D eigenvalue weighted by Gasteiger charge is 2.41. The first-order valence-electron chi connectivity index (χ1n) is 7.36. The van der Waals surface area contributed by atoms with Crippen molar-refractivity contribution in [3.63, 3.8) is 0 Å². The van der Waals surface area contributed by atoms with Crippen molar-refractivity contribution in [2.75, 3.05) is 7.05 Å². The van der Waals surface area contributed by atoms with Gasteiger partial charge in [0.05, 0.1) is 5.56 Å². The number of rotatable bonds is 4. The van der Waals surface area contributed by atoms with Crippen LogP contribution in [0.1, 0.15) is 36.0 Å². The second kappa shape index (κ2) is 5.72. The van der Waals surface area contributed by atoms with E-state index < -0.39 is 6.61 Å². The summed E-state index contributed by atoms with van der Waals surface area (Å²) in [5.41, 5.74) is 0.284. The minimum absolute atomic E-state index is 0.0104. The molecule has 2 aliphatic rings. The number of benzene rings is 1. The predicted molar refractivity (Wildman–Crippen MR) is 74.7 cm³/mol. The molecule has 2 fully saturated rings. The maximum atomic E-state index is 12.7. The van der Waals surface area contributed by atoms with Gasteiger partial charge in [-0.25, -0.2) is 0 Å². The van der Waals surface area contributed by atoms with Crippen molar-refractivity contribution in [3.8, 4) is 5.75 Å². The van der Waals surface area contributed by atoms with Crippen LogP contribution in [0, 0.1) is 5.92 Å². The Morgan fingerprint density at radius 2 is 1.86 bits per heavy atom. The topological polar surface area (TPSA) is 29.5 Å². The van der Waals surface area contributed by atoms with Crippen molar-refractivity contribution in [2.24, 2.45) is 5.92 Å². The molecule has 0 aromatic heterocycles. The van der Waals surface area contributed by atoms with Crippen LogP contribution in [0.4, 0.5) is 8.78 Å². The van der Waals surface area contributed by atoms with Gasteiger partial charge < -0.3 is 9.64 Å². The summed E-state index contributed by atoms with van der Waals surface area (Å²) in [4.78, 5) is 15.0. The van der Waals surface area contributed by atoms with E-state index in [0.29, 0.717) is 12.1 Å². The summed E-state index contributed by atoms with van der Waals surface area (Å²) in [6, 6.07) is 7.20. The lowest BCUT2D eigenvalue weighted by molar-refractivity contribution is -0.0502. The molecule has 3 nitrogen and oxygen atoms in total. The van der Waals surface area contributed by atoms with Gasteiger partial charge >= 0.3 is 6.61 Å². The zero-order chi connectivity index (χ0) is 15.0. The van der Waals surface area contributed by atoms with E-state index >= 15 is 0 Å². The first kappa shape index (κ1) is 14.4. The molecule has 2 saturated heterocycles. The van der Waals surface area contributed by atoms with E-state index in [-0.39, 0.29) is 23.0 Å². The van der Waals surface area contributed by atoms with Crippen molar-refractivity contribution < 1.29 is 18.3 Å². The Balaban J connectivity index is 1.80. The van der Waals surface area contributed by atoms with Crippen LogP contribution in [0.15, 0.2) is 24.3 Å². The van der Waals surface area contributed by atoms with Crippen molar-refractivity contribution in [1.29, 1.82) is 0 Å². The van der Waals surface area contributed by atoms with Gasteiger partial charge in [-0.05, 0) is 44.9 Å². The lowest BCUT2D eigenvalue weighted by Gasteiger charge is -2.35. The van der Waals surface area contributed by atoms with Gasteiger partial charge in [-0.15, -0.1) is 0 Å². The number of halogens is 2. The van der Waals surface area contributed by atoms with E-state index in [2.05, 4.69) is 16.7 Å². The smallest absolute Gasteiger partial charge is 0.387 e. The first-order valence-corrected chi connectivity index (χ1v) is 7.36. The summed E-state index contributed by atoms with van der Waals surface area (Å²) in [5, 5.41) is 0. The maximum absolute atomic E-state index is 12.7. The molecule has 114 valence electrons. The number of hydrogen-bond acceptors (Lipinski definition) is 3. The van der Waals surface area contributed by atoms with Crippen LogP contribution in [0.3, 0.4) is 0 Å². The van der Waals surface area contributed by atoms with Gasteiger partial charge in [0.15, 0.2) is 5.78 Å². The summed E-state index contributed by atoms with van der Waals surface area (Å²) >= 11 is 0. The fraction of sp³-hybridized carbons (Fsp3) is 0.562. The summed E-state index contributed by atoms with van der Waals surface area (Å²) < 4.78 is 29.4. The Bertz CT molecular complexity index is 521. The molecular weight excluding hydrogens is 276 g/mol. The Morgan fingerprint density at radius 3 is 2.48 bits per heavy atom. The molecule has 0 aliphatic carbocycles. The molecule has 1 aromatic carbocycles. The Hall–Kier alpha value is -1.49. The van der Waals surface area contributed by atoms with Crippen molar-refractivity contribution in [2.45, 2.75) is 44.4 Å². The van der Waals surface area contributed by atoms with Gasteiger partial charge in [0.25, 0.3) is 0 Å². The summed E-state index contributed by atoms with van der Waals surface area (Å²) in [7, 11) is 2.11. The molecule has 2 heterocycles. The predicted octanol–water partition coefficient (Wildman–Crippen LogP) is 3.34. The average molecular weight is 295 g/mol. The maximum Gasteiger partial charge on any atom is 0.387 e. The molecule has 2 unspecified atom stereocenters. The number of fused-ring (bicyclic) bond motifs is 2. The zero-order valence-corrected chi connectivity index (χ0v) is 12.0. The van der Waals surface area contributed by atoms with Crippen LogP contribution >= 0.6 is 0 Å². The number of carbonyl (C=O) groups is 1. The summed E-state index contributed by atoms with van der Waals surface area (Å²) in [5.74, 6) is -0.152. The molecular formula is C16H19F2NO2. The highest BCUT2D eigenvalue weighted by molar-refractivity contribution is 6.00. The number of para-hydroxylation sites is 1. The zero-order valence-electron chi connectivity index (χ0n) is 12.0. The van der Waals surface area contributed by atoms with Crippen LogP contribution in [0.5, 0.6) is 5.75 Å². The lowest BCUT2D eigenvalue weighted by Crippen LogP contribution is -2.42. The Kier molecular flexibility index (Phi) is 3.93. The van der Waals surface area contributed by atoms with Gasteiger partial charge in [0, 0.05) is 18.0 Å².